The van der Waals surface area contributed by atoms with E-state index >= 15 is 0 Å². The zero-order valence-corrected chi connectivity index (χ0v) is 8.35. The Labute approximate surface area is 82.2 Å². The Morgan fingerprint density at radius 1 is 1.38 bits per heavy atom. The fourth-order valence-electron chi connectivity index (χ4n) is 1.31. The zero-order chi connectivity index (χ0) is 10.0. The molecular weight excluding hydrogens is 188 g/mol. The monoisotopic (exact) mass is 198 g/mol. The van der Waals surface area contributed by atoms with Gasteiger partial charge in [0.15, 0.2) is 0 Å². The minimum absolute atomic E-state index is 0.0544. The van der Waals surface area contributed by atoms with Crippen LogP contribution in [0.2, 0.25) is 5.02 Å². The second-order valence-corrected chi connectivity index (χ2v) is 3.49. The van der Waals surface area contributed by atoms with Gasteiger partial charge in [-0.25, -0.2) is 0 Å². The molecule has 0 aromatic heterocycles. The van der Waals surface area contributed by atoms with E-state index in [1.807, 2.05) is 26.0 Å². The average molecular weight is 199 g/mol. The minimum atomic E-state index is -0.818. The van der Waals surface area contributed by atoms with Crippen molar-refractivity contribution in [2.75, 3.05) is 0 Å². The van der Waals surface area contributed by atoms with Crippen LogP contribution in [-0.4, -0.2) is 11.1 Å². The maximum atomic E-state index is 10.4. The van der Waals surface area contributed by atoms with Crippen molar-refractivity contribution in [3.63, 3.8) is 0 Å². The largest absolute Gasteiger partial charge is 0.481 e. The van der Waals surface area contributed by atoms with Gasteiger partial charge in [0, 0.05) is 5.02 Å². The third-order valence-corrected chi connectivity index (χ3v) is 2.45. The van der Waals surface area contributed by atoms with Gasteiger partial charge in [-0.3, -0.25) is 4.79 Å². The van der Waals surface area contributed by atoms with Gasteiger partial charge in [0.1, 0.15) is 0 Å². The summed E-state index contributed by atoms with van der Waals surface area (Å²) in [6, 6.07) is 3.62. The second kappa shape index (κ2) is 3.79. The van der Waals surface area contributed by atoms with Crippen LogP contribution < -0.4 is 0 Å². The summed E-state index contributed by atoms with van der Waals surface area (Å²) in [6.45, 7) is 3.75. The highest BCUT2D eigenvalue weighted by atomic mass is 35.5. The van der Waals surface area contributed by atoms with Crippen molar-refractivity contribution in [1.29, 1.82) is 0 Å². The van der Waals surface area contributed by atoms with Gasteiger partial charge in [-0.1, -0.05) is 23.7 Å². The van der Waals surface area contributed by atoms with Crippen LogP contribution >= 0.6 is 11.6 Å². The first-order chi connectivity index (χ1) is 6.00. The molecule has 1 N–H and O–H groups in total. The van der Waals surface area contributed by atoms with Crippen molar-refractivity contribution >= 4 is 17.6 Å². The van der Waals surface area contributed by atoms with E-state index in [1.165, 1.54) is 0 Å². The average Bonchev–Trinajstić information content (AvgIpc) is 1.98. The Morgan fingerprint density at radius 2 is 1.85 bits per heavy atom. The van der Waals surface area contributed by atoms with E-state index in [0.717, 1.165) is 16.7 Å². The predicted octanol–water partition coefficient (Wildman–Crippen LogP) is 2.58. The third kappa shape index (κ3) is 2.46. The van der Waals surface area contributed by atoms with E-state index in [0.29, 0.717) is 5.02 Å². The number of carboxylic acids is 1. The van der Waals surface area contributed by atoms with Gasteiger partial charge >= 0.3 is 5.97 Å². The summed E-state index contributed by atoms with van der Waals surface area (Å²) >= 11 is 5.94. The summed E-state index contributed by atoms with van der Waals surface area (Å²) in [6.07, 6.45) is 0.0544. The number of rotatable bonds is 2. The van der Waals surface area contributed by atoms with Crippen molar-refractivity contribution in [3.05, 3.63) is 33.8 Å². The Kier molecular flexibility index (Phi) is 2.94. The molecule has 0 saturated heterocycles. The van der Waals surface area contributed by atoms with E-state index in [-0.39, 0.29) is 6.42 Å². The number of carboxylic acid groups (broad SMARTS) is 1. The molecule has 13 heavy (non-hydrogen) atoms. The van der Waals surface area contributed by atoms with E-state index in [2.05, 4.69) is 0 Å². The lowest BCUT2D eigenvalue weighted by atomic mass is 10.1. The topological polar surface area (TPSA) is 37.3 Å². The number of hydrogen-bond acceptors (Lipinski definition) is 1. The Hall–Kier alpha value is -1.02. The minimum Gasteiger partial charge on any atom is -0.481 e. The van der Waals surface area contributed by atoms with E-state index < -0.39 is 5.97 Å². The summed E-state index contributed by atoms with van der Waals surface area (Å²) < 4.78 is 0. The molecule has 0 atom stereocenters. The molecule has 1 aromatic carbocycles. The van der Waals surface area contributed by atoms with Crippen LogP contribution in [0.3, 0.4) is 0 Å². The molecule has 0 heterocycles. The molecule has 0 aliphatic carbocycles. The predicted molar refractivity (Wildman–Crippen MR) is 52.3 cm³/mol. The number of benzene rings is 1. The van der Waals surface area contributed by atoms with Gasteiger partial charge in [0.2, 0.25) is 0 Å². The maximum absolute atomic E-state index is 10.4. The van der Waals surface area contributed by atoms with Crippen LogP contribution in [0.15, 0.2) is 12.1 Å². The van der Waals surface area contributed by atoms with Gasteiger partial charge in [-0.05, 0) is 30.5 Å². The first-order valence-electron chi connectivity index (χ1n) is 3.98. The van der Waals surface area contributed by atoms with Crippen molar-refractivity contribution < 1.29 is 9.90 Å². The fraction of sp³-hybridized carbons (Fsp3) is 0.300. The van der Waals surface area contributed by atoms with Crippen LogP contribution in [0.1, 0.15) is 16.7 Å². The van der Waals surface area contributed by atoms with Crippen molar-refractivity contribution in [2.45, 2.75) is 20.3 Å². The molecule has 1 rings (SSSR count). The molecule has 3 heteroatoms. The number of carbonyl (C=O) groups is 1. The molecule has 0 aliphatic heterocycles. The highest BCUT2D eigenvalue weighted by Gasteiger charge is 2.05. The number of halogens is 1. The third-order valence-electron chi connectivity index (χ3n) is 1.85. The molecule has 2 nitrogen and oxygen atoms in total. The van der Waals surface area contributed by atoms with Crippen LogP contribution in [0, 0.1) is 13.8 Å². The number of aryl methyl sites for hydroxylation is 2. The molecule has 0 aliphatic rings. The van der Waals surface area contributed by atoms with Crippen molar-refractivity contribution in [1.82, 2.24) is 0 Å². The lowest BCUT2D eigenvalue weighted by Gasteiger charge is -2.05. The standard InChI is InChI=1S/C10H11ClO2/c1-6-3-8(5-9(12)13)4-7(2)10(6)11/h3-4H,5H2,1-2H3,(H,12,13). The summed E-state index contributed by atoms with van der Waals surface area (Å²) in [4.78, 5) is 10.4. The van der Waals surface area contributed by atoms with Gasteiger partial charge in [-0.15, -0.1) is 0 Å². The quantitative estimate of drug-likeness (QED) is 0.793. The Bertz CT molecular complexity index is 322. The molecule has 0 fully saturated rings. The van der Waals surface area contributed by atoms with E-state index in [4.69, 9.17) is 16.7 Å². The lowest BCUT2D eigenvalue weighted by Crippen LogP contribution is -2.00. The first kappa shape index (κ1) is 10.1. The summed E-state index contributed by atoms with van der Waals surface area (Å²) in [5.74, 6) is -0.818. The maximum Gasteiger partial charge on any atom is 0.307 e. The van der Waals surface area contributed by atoms with Crippen LogP contribution in [0.5, 0.6) is 0 Å². The Balaban J connectivity index is 3.06. The first-order valence-corrected chi connectivity index (χ1v) is 4.36. The zero-order valence-electron chi connectivity index (χ0n) is 7.60. The van der Waals surface area contributed by atoms with Crippen LogP contribution in [0.25, 0.3) is 0 Å². The molecule has 0 radical (unpaired) electrons. The molecule has 1 aromatic rings. The molecule has 70 valence electrons. The van der Waals surface area contributed by atoms with Gasteiger partial charge < -0.3 is 5.11 Å². The summed E-state index contributed by atoms with van der Waals surface area (Å²) in [7, 11) is 0. The van der Waals surface area contributed by atoms with Crippen LogP contribution in [-0.2, 0) is 11.2 Å². The van der Waals surface area contributed by atoms with Crippen LogP contribution in [0.4, 0.5) is 0 Å². The summed E-state index contributed by atoms with van der Waals surface area (Å²) in [5.41, 5.74) is 2.66. The number of aliphatic carboxylic acids is 1. The molecule has 0 spiro atoms. The fourth-order valence-corrected chi connectivity index (χ4v) is 1.42. The van der Waals surface area contributed by atoms with Crippen molar-refractivity contribution in [3.8, 4) is 0 Å². The van der Waals surface area contributed by atoms with Gasteiger partial charge in [-0.2, -0.15) is 0 Å². The highest BCUT2D eigenvalue weighted by molar-refractivity contribution is 6.32. The molecule has 0 amide bonds. The molecule has 0 saturated carbocycles. The second-order valence-electron chi connectivity index (χ2n) is 3.11. The molecule has 0 unspecified atom stereocenters. The highest BCUT2D eigenvalue weighted by Crippen LogP contribution is 2.21. The van der Waals surface area contributed by atoms with Gasteiger partial charge in [0.25, 0.3) is 0 Å². The van der Waals surface area contributed by atoms with E-state index in [9.17, 15) is 4.79 Å². The smallest absolute Gasteiger partial charge is 0.307 e. The van der Waals surface area contributed by atoms with E-state index in [1.54, 1.807) is 0 Å². The molecular formula is C10H11ClO2. The molecule has 0 bridgehead atoms. The SMILES string of the molecule is Cc1cc(CC(=O)O)cc(C)c1Cl. The normalized spacial score (nSPS) is 10.1. The summed E-state index contributed by atoms with van der Waals surface area (Å²) in [5, 5.41) is 9.30. The van der Waals surface area contributed by atoms with Gasteiger partial charge in [0.05, 0.1) is 6.42 Å². The Morgan fingerprint density at radius 3 is 2.23 bits per heavy atom. The van der Waals surface area contributed by atoms with Crippen molar-refractivity contribution in [2.24, 2.45) is 0 Å². The number of hydrogen-bond donors (Lipinski definition) is 1. The lowest BCUT2D eigenvalue weighted by molar-refractivity contribution is -0.136.